The number of ether oxygens (including phenoxy) is 3. The van der Waals surface area contributed by atoms with Crippen molar-refractivity contribution < 1.29 is 38.2 Å². The predicted octanol–water partition coefficient (Wildman–Crippen LogP) is 2.02. The number of hydrogen-bond acceptors (Lipinski definition) is 8. The molecular formula is C31H57N5O8. The first-order valence-electron chi connectivity index (χ1n) is 15.7. The van der Waals surface area contributed by atoms with E-state index in [9.17, 15) is 24.0 Å². The summed E-state index contributed by atoms with van der Waals surface area (Å²) >= 11 is 0. The van der Waals surface area contributed by atoms with Crippen LogP contribution >= 0.6 is 0 Å². The fourth-order valence-electron chi connectivity index (χ4n) is 6.15. The van der Waals surface area contributed by atoms with E-state index < -0.39 is 30.1 Å². The summed E-state index contributed by atoms with van der Waals surface area (Å²) in [6.07, 6.45) is 0.990. The fourth-order valence-corrected chi connectivity index (χ4v) is 6.15. The van der Waals surface area contributed by atoms with Gasteiger partial charge in [-0.3, -0.25) is 19.2 Å². The monoisotopic (exact) mass is 627 g/mol. The van der Waals surface area contributed by atoms with E-state index in [-0.39, 0.29) is 67.3 Å². The van der Waals surface area contributed by atoms with E-state index in [1.165, 1.54) is 21.3 Å². The van der Waals surface area contributed by atoms with Gasteiger partial charge in [0.1, 0.15) is 6.54 Å². The molecule has 5 amide bonds. The maximum Gasteiger partial charge on any atom is 0.325 e. The molecule has 0 aromatic carbocycles. The van der Waals surface area contributed by atoms with Crippen molar-refractivity contribution >= 4 is 29.7 Å². The Morgan fingerprint density at radius 1 is 0.909 bits per heavy atom. The molecule has 1 aliphatic rings. The van der Waals surface area contributed by atoms with Crippen LogP contribution in [0.4, 0.5) is 4.79 Å². The number of carbonyl (C=O) groups is 5. The number of rotatable bonds is 17. The second-order valence-electron chi connectivity index (χ2n) is 12.2. The number of urea groups is 1. The van der Waals surface area contributed by atoms with E-state index in [1.807, 2.05) is 41.5 Å². The lowest BCUT2D eigenvalue weighted by atomic mass is 9.90. The highest BCUT2D eigenvalue weighted by Crippen LogP contribution is 2.29. The van der Waals surface area contributed by atoms with Crippen molar-refractivity contribution in [3.8, 4) is 0 Å². The van der Waals surface area contributed by atoms with Gasteiger partial charge < -0.3 is 39.5 Å². The van der Waals surface area contributed by atoms with Crippen molar-refractivity contribution in [3.63, 3.8) is 0 Å². The van der Waals surface area contributed by atoms with Crippen molar-refractivity contribution in [1.82, 2.24) is 25.3 Å². The molecule has 1 saturated heterocycles. The van der Waals surface area contributed by atoms with Crippen LogP contribution < -0.4 is 10.6 Å². The average molecular weight is 628 g/mol. The molecule has 0 aliphatic carbocycles. The van der Waals surface area contributed by atoms with Crippen LogP contribution in [0.2, 0.25) is 0 Å². The number of methoxy groups -OCH3 is 3. The van der Waals surface area contributed by atoms with E-state index in [4.69, 9.17) is 9.47 Å². The van der Waals surface area contributed by atoms with Gasteiger partial charge in [0.25, 0.3) is 0 Å². The summed E-state index contributed by atoms with van der Waals surface area (Å²) in [6.45, 7) is 13.5. The number of carbonyl (C=O) groups excluding carboxylic acids is 5. The summed E-state index contributed by atoms with van der Waals surface area (Å²) in [7, 11) is 5.96. The van der Waals surface area contributed by atoms with Gasteiger partial charge in [-0.1, -0.05) is 27.2 Å². The van der Waals surface area contributed by atoms with E-state index in [0.29, 0.717) is 13.0 Å². The Kier molecular flexibility index (Phi) is 16.7. The van der Waals surface area contributed by atoms with Gasteiger partial charge in [-0.05, 0) is 46.5 Å². The van der Waals surface area contributed by atoms with Gasteiger partial charge in [0.2, 0.25) is 17.7 Å². The molecule has 6 atom stereocenters. The molecule has 0 spiro atoms. The minimum Gasteiger partial charge on any atom is -0.468 e. The number of nitrogens with one attached hydrogen (secondary N) is 2. The molecule has 1 aliphatic heterocycles. The molecule has 0 saturated carbocycles. The zero-order valence-electron chi connectivity index (χ0n) is 28.7. The lowest BCUT2D eigenvalue weighted by molar-refractivity contribution is -0.146. The second kappa shape index (κ2) is 18.8. The predicted molar refractivity (Wildman–Crippen MR) is 167 cm³/mol. The van der Waals surface area contributed by atoms with Crippen LogP contribution in [0.5, 0.6) is 0 Å². The summed E-state index contributed by atoms with van der Waals surface area (Å²) in [5.74, 6) is -2.00. The summed E-state index contributed by atoms with van der Waals surface area (Å²) in [4.78, 5) is 69.2. The molecule has 254 valence electrons. The Bertz CT molecular complexity index is 953. The number of amides is 5. The molecule has 1 fully saturated rings. The topological polar surface area (TPSA) is 147 Å². The van der Waals surface area contributed by atoms with Crippen molar-refractivity contribution in [2.75, 3.05) is 48.0 Å². The van der Waals surface area contributed by atoms with Gasteiger partial charge in [-0.25, -0.2) is 4.79 Å². The third-order valence-electron chi connectivity index (χ3n) is 8.68. The second-order valence-corrected chi connectivity index (χ2v) is 12.2. The molecule has 13 heteroatoms. The Hall–Kier alpha value is -2.93. The molecule has 1 heterocycles. The number of hydrogen-bond donors (Lipinski definition) is 2. The number of likely N-dealkylation sites (tertiary alicyclic amines) is 1. The molecule has 13 nitrogen and oxygen atoms in total. The number of esters is 1. The molecule has 2 N–H and O–H groups in total. The molecule has 0 unspecified atom stereocenters. The van der Waals surface area contributed by atoms with Crippen LogP contribution in [0, 0.1) is 11.8 Å². The average Bonchev–Trinajstić information content (AvgIpc) is 3.47. The summed E-state index contributed by atoms with van der Waals surface area (Å²) in [5, 5.41) is 5.32. The van der Waals surface area contributed by atoms with Crippen molar-refractivity contribution in [3.05, 3.63) is 0 Å². The third-order valence-corrected chi connectivity index (χ3v) is 8.68. The number of nitrogens with zero attached hydrogens (tertiary/aromatic N) is 3. The highest BCUT2D eigenvalue weighted by Gasteiger charge is 2.42. The molecule has 0 aromatic heterocycles. The zero-order valence-corrected chi connectivity index (χ0v) is 28.7. The van der Waals surface area contributed by atoms with Gasteiger partial charge in [0, 0.05) is 39.9 Å². The van der Waals surface area contributed by atoms with Crippen LogP contribution in [0.15, 0.2) is 0 Å². The van der Waals surface area contributed by atoms with Crippen LogP contribution in [0.3, 0.4) is 0 Å². The van der Waals surface area contributed by atoms with Gasteiger partial charge >= 0.3 is 12.0 Å². The van der Waals surface area contributed by atoms with Gasteiger partial charge in [0.15, 0.2) is 0 Å². The normalized spacial score (nSPS) is 18.3. The van der Waals surface area contributed by atoms with Gasteiger partial charge in [-0.2, -0.15) is 0 Å². The SMILES string of the molecule is CC[C@H](C)[C@@H]([C@@H](CC(=O)N1CCC[C@H]1[C@H](OC)[C@@H](C)C(=O)NCC(=O)OC)OC)N(C)C(=O)CNC(=O)N(C(C)C)C(C)C. The summed E-state index contributed by atoms with van der Waals surface area (Å²) in [6, 6.07) is -1.12. The first kappa shape index (κ1) is 39.1. The summed E-state index contributed by atoms with van der Waals surface area (Å²) < 4.78 is 16.2. The number of likely N-dealkylation sites (N-methyl/N-ethyl adjacent to an activating group) is 1. The van der Waals surface area contributed by atoms with Crippen LogP contribution in [-0.2, 0) is 33.4 Å². The minimum absolute atomic E-state index is 0.000134. The summed E-state index contributed by atoms with van der Waals surface area (Å²) in [5.41, 5.74) is 0. The Morgan fingerprint density at radius 3 is 2.02 bits per heavy atom. The highest BCUT2D eigenvalue weighted by atomic mass is 16.5. The highest BCUT2D eigenvalue weighted by molar-refractivity contribution is 5.85. The third kappa shape index (κ3) is 10.6. The first-order valence-corrected chi connectivity index (χ1v) is 15.7. The maximum absolute atomic E-state index is 13.8. The Morgan fingerprint density at radius 2 is 1.52 bits per heavy atom. The smallest absolute Gasteiger partial charge is 0.325 e. The van der Waals surface area contributed by atoms with E-state index in [1.54, 1.807) is 28.7 Å². The molecule has 44 heavy (non-hydrogen) atoms. The van der Waals surface area contributed by atoms with Crippen LogP contribution in [0.1, 0.15) is 74.1 Å². The Labute approximate surface area is 263 Å². The standard InChI is InChI=1S/C31H57N5O8/c1-12-21(6)28(34(8)26(38)17-33-31(41)36(19(2)3)20(4)5)24(42-9)16-25(37)35-15-13-14-23(35)29(44-11)22(7)30(40)32-18-27(39)43-10/h19-24,28-29H,12-18H2,1-11H3,(H,32,40)(H,33,41)/t21-,22+,23-,24+,28-,29+/m0/s1. The molecule has 0 bridgehead atoms. The zero-order chi connectivity index (χ0) is 33.7. The van der Waals surface area contributed by atoms with E-state index in [0.717, 1.165) is 12.8 Å². The van der Waals surface area contributed by atoms with Crippen LogP contribution in [-0.4, -0.2) is 129 Å². The van der Waals surface area contributed by atoms with Crippen LogP contribution in [0.25, 0.3) is 0 Å². The lowest BCUT2D eigenvalue weighted by Crippen LogP contribution is -2.55. The maximum atomic E-state index is 13.8. The lowest BCUT2D eigenvalue weighted by Gasteiger charge is -2.39. The van der Waals surface area contributed by atoms with Crippen molar-refractivity contribution in [1.29, 1.82) is 0 Å². The van der Waals surface area contributed by atoms with Gasteiger partial charge in [0.05, 0.1) is 50.3 Å². The largest absolute Gasteiger partial charge is 0.468 e. The Balaban J connectivity index is 3.05. The van der Waals surface area contributed by atoms with E-state index in [2.05, 4.69) is 15.4 Å². The van der Waals surface area contributed by atoms with Crippen molar-refractivity contribution in [2.45, 2.75) is 111 Å². The van der Waals surface area contributed by atoms with Gasteiger partial charge in [-0.15, -0.1) is 0 Å². The molecule has 0 radical (unpaired) electrons. The van der Waals surface area contributed by atoms with E-state index >= 15 is 0 Å². The first-order chi connectivity index (χ1) is 20.7. The minimum atomic E-state index is -0.629. The molecular weight excluding hydrogens is 570 g/mol. The fraction of sp³-hybridized carbons (Fsp3) is 0.839. The molecule has 1 rings (SSSR count). The molecule has 0 aromatic rings. The quantitative estimate of drug-likeness (QED) is 0.233. The van der Waals surface area contributed by atoms with Crippen molar-refractivity contribution in [2.24, 2.45) is 11.8 Å².